The van der Waals surface area contributed by atoms with Crippen molar-refractivity contribution in [2.24, 2.45) is 0 Å². The lowest BCUT2D eigenvalue weighted by Crippen LogP contribution is -2.43. The van der Waals surface area contributed by atoms with Crippen LogP contribution in [-0.4, -0.2) is 49.3 Å². The smallest absolute Gasteiger partial charge is 0.321 e. The lowest BCUT2D eigenvalue weighted by Gasteiger charge is -2.32. The second-order valence-corrected chi connectivity index (χ2v) is 7.11. The summed E-state index contributed by atoms with van der Waals surface area (Å²) in [5.41, 5.74) is 1.45. The lowest BCUT2D eigenvalue weighted by atomic mass is 10.1. The Hall–Kier alpha value is -3.48. The van der Waals surface area contributed by atoms with Crippen molar-refractivity contribution in [1.82, 2.24) is 9.88 Å². The van der Waals surface area contributed by atoms with Crippen LogP contribution in [0.4, 0.5) is 10.5 Å². The number of carbonyl (C=O) groups excluding carboxylic acids is 1. The number of nitrogens with one attached hydrogen (secondary N) is 1. The number of methoxy groups -OCH3 is 2. The number of urea groups is 1. The second-order valence-electron chi connectivity index (χ2n) is 7.11. The molecule has 1 aliphatic heterocycles. The highest BCUT2D eigenvalue weighted by Gasteiger charge is 2.25. The number of piperidine rings is 1. The normalized spacial score (nSPS) is 14.4. The van der Waals surface area contributed by atoms with Gasteiger partial charge in [-0.05, 0) is 24.3 Å². The van der Waals surface area contributed by atoms with Crippen molar-refractivity contribution in [2.75, 3.05) is 32.6 Å². The first-order valence-corrected chi connectivity index (χ1v) is 9.97. The molecule has 1 N–H and O–H groups in total. The van der Waals surface area contributed by atoms with Crippen LogP contribution in [0, 0.1) is 0 Å². The van der Waals surface area contributed by atoms with E-state index < -0.39 is 0 Å². The third-order valence-electron chi connectivity index (χ3n) is 5.26. The largest absolute Gasteiger partial charge is 0.493 e. The quantitative estimate of drug-likeness (QED) is 0.682. The van der Waals surface area contributed by atoms with E-state index in [4.69, 9.17) is 14.2 Å². The fraction of sp³-hybridized carbons (Fsp3) is 0.304. The van der Waals surface area contributed by atoms with Crippen LogP contribution < -0.4 is 19.5 Å². The number of hydrogen-bond donors (Lipinski definition) is 1. The standard InChI is InChI=1S/C23H25N3O4/c1-28-20-10-4-8-18(22(20)29-2)25-23(27)26-14-11-17(12-15-26)30-19-9-3-6-16-7-5-13-24-21(16)19/h3-10,13,17H,11-12,14-15H2,1-2H3,(H,25,27). The van der Waals surface area contributed by atoms with Gasteiger partial charge in [0, 0.05) is 37.5 Å². The minimum Gasteiger partial charge on any atom is -0.493 e. The van der Waals surface area contributed by atoms with Gasteiger partial charge in [-0.1, -0.05) is 24.3 Å². The van der Waals surface area contributed by atoms with E-state index in [-0.39, 0.29) is 12.1 Å². The van der Waals surface area contributed by atoms with E-state index >= 15 is 0 Å². The molecule has 3 aromatic rings. The number of benzene rings is 2. The molecule has 0 spiro atoms. The first kappa shape index (κ1) is 19.8. The van der Waals surface area contributed by atoms with Crippen LogP contribution in [0.25, 0.3) is 10.9 Å². The molecular formula is C23H25N3O4. The maximum Gasteiger partial charge on any atom is 0.321 e. The number of aromatic nitrogens is 1. The van der Waals surface area contributed by atoms with Gasteiger partial charge in [0.2, 0.25) is 0 Å². The number of pyridine rings is 1. The molecular weight excluding hydrogens is 382 g/mol. The van der Waals surface area contributed by atoms with E-state index in [9.17, 15) is 4.79 Å². The van der Waals surface area contributed by atoms with Crippen molar-refractivity contribution >= 4 is 22.6 Å². The Bertz CT molecular complexity index is 1030. The maximum absolute atomic E-state index is 12.7. The van der Waals surface area contributed by atoms with Gasteiger partial charge in [0.05, 0.1) is 19.9 Å². The summed E-state index contributed by atoms with van der Waals surface area (Å²) in [7, 11) is 3.12. The monoisotopic (exact) mass is 407 g/mol. The molecule has 0 saturated carbocycles. The lowest BCUT2D eigenvalue weighted by molar-refractivity contribution is 0.116. The van der Waals surface area contributed by atoms with Gasteiger partial charge in [-0.15, -0.1) is 0 Å². The van der Waals surface area contributed by atoms with Crippen molar-refractivity contribution in [3.8, 4) is 17.2 Å². The number of amides is 2. The fourth-order valence-corrected chi connectivity index (χ4v) is 3.71. The summed E-state index contributed by atoms with van der Waals surface area (Å²) in [4.78, 5) is 19.0. The van der Waals surface area contributed by atoms with Gasteiger partial charge in [0.1, 0.15) is 17.4 Å². The van der Waals surface area contributed by atoms with Crippen LogP contribution in [0.1, 0.15) is 12.8 Å². The summed E-state index contributed by atoms with van der Waals surface area (Å²) in [6.07, 6.45) is 3.33. The van der Waals surface area contributed by atoms with Crippen molar-refractivity contribution in [3.05, 3.63) is 54.7 Å². The average Bonchev–Trinajstić information content (AvgIpc) is 2.79. The number of hydrogen-bond acceptors (Lipinski definition) is 5. The number of ether oxygens (including phenoxy) is 3. The van der Waals surface area contributed by atoms with Crippen LogP contribution in [0.5, 0.6) is 17.2 Å². The first-order valence-electron chi connectivity index (χ1n) is 9.97. The summed E-state index contributed by atoms with van der Waals surface area (Å²) in [6.45, 7) is 1.22. The fourth-order valence-electron chi connectivity index (χ4n) is 3.71. The highest BCUT2D eigenvalue weighted by Crippen LogP contribution is 2.35. The molecule has 2 heterocycles. The Kier molecular flexibility index (Phi) is 5.88. The summed E-state index contributed by atoms with van der Waals surface area (Å²) in [6, 6.07) is 15.1. The van der Waals surface area contributed by atoms with Gasteiger partial charge in [-0.3, -0.25) is 4.98 Å². The van der Waals surface area contributed by atoms with Crippen LogP contribution >= 0.6 is 0 Å². The van der Waals surface area contributed by atoms with Gasteiger partial charge in [0.15, 0.2) is 11.5 Å². The van der Waals surface area contributed by atoms with Crippen molar-refractivity contribution in [3.63, 3.8) is 0 Å². The van der Waals surface area contributed by atoms with Crippen molar-refractivity contribution < 1.29 is 19.0 Å². The number of rotatable bonds is 5. The Labute approximate surface area is 175 Å². The van der Waals surface area contributed by atoms with Gasteiger partial charge < -0.3 is 24.4 Å². The van der Waals surface area contributed by atoms with Gasteiger partial charge in [-0.25, -0.2) is 4.79 Å². The van der Waals surface area contributed by atoms with Crippen LogP contribution in [-0.2, 0) is 0 Å². The number of para-hydroxylation sites is 2. The number of anilines is 1. The topological polar surface area (TPSA) is 72.9 Å². The average molecular weight is 407 g/mol. The minimum atomic E-state index is -0.160. The molecule has 0 radical (unpaired) electrons. The Morgan fingerprint density at radius 3 is 2.50 bits per heavy atom. The zero-order valence-electron chi connectivity index (χ0n) is 17.1. The molecule has 30 heavy (non-hydrogen) atoms. The SMILES string of the molecule is COc1cccc(NC(=O)N2CCC(Oc3cccc4cccnc34)CC2)c1OC. The molecule has 156 valence electrons. The molecule has 0 atom stereocenters. The number of carbonyl (C=O) groups is 1. The highest BCUT2D eigenvalue weighted by molar-refractivity contribution is 5.91. The third kappa shape index (κ3) is 4.10. The van der Waals surface area contributed by atoms with E-state index in [1.54, 1.807) is 37.4 Å². The number of fused-ring (bicyclic) bond motifs is 1. The highest BCUT2D eigenvalue weighted by atomic mass is 16.5. The number of nitrogens with zero attached hydrogens (tertiary/aromatic N) is 2. The predicted octanol–water partition coefficient (Wildman–Crippen LogP) is 4.33. The summed E-state index contributed by atoms with van der Waals surface area (Å²) >= 11 is 0. The molecule has 0 unspecified atom stereocenters. The minimum absolute atomic E-state index is 0.0491. The zero-order chi connectivity index (χ0) is 20.9. The predicted molar refractivity (Wildman–Crippen MR) is 116 cm³/mol. The van der Waals surface area contributed by atoms with E-state index in [0.717, 1.165) is 29.5 Å². The summed E-state index contributed by atoms with van der Waals surface area (Å²) in [5, 5.41) is 3.98. The molecule has 1 saturated heterocycles. The Balaban J connectivity index is 1.37. The summed E-state index contributed by atoms with van der Waals surface area (Å²) in [5.74, 6) is 1.87. The van der Waals surface area contributed by atoms with Crippen LogP contribution in [0.3, 0.4) is 0 Å². The second kappa shape index (κ2) is 8.90. The molecule has 1 aliphatic rings. The Morgan fingerprint density at radius 2 is 1.73 bits per heavy atom. The summed E-state index contributed by atoms with van der Waals surface area (Å²) < 4.78 is 16.9. The molecule has 0 bridgehead atoms. The molecule has 0 aliphatic carbocycles. The number of likely N-dealkylation sites (tertiary alicyclic amines) is 1. The Morgan fingerprint density at radius 1 is 1.00 bits per heavy atom. The van der Waals surface area contributed by atoms with E-state index in [0.29, 0.717) is 30.3 Å². The van der Waals surface area contributed by atoms with E-state index in [2.05, 4.69) is 10.3 Å². The molecule has 2 amide bonds. The molecule has 7 nitrogen and oxygen atoms in total. The van der Waals surface area contributed by atoms with Crippen LogP contribution in [0.15, 0.2) is 54.7 Å². The molecule has 2 aromatic carbocycles. The first-order chi connectivity index (χ1) is 14.7. The van der Waals surface area contributed by atoms with Crippen LogP contribution in [0.2, 0.25) is 0 Å². The van der Waals surface area contributed by atoms with Gasteiger partial charge in [0.25, 0.3) is 0 Å². The molecule has 4 rings (SSSR count). The van der Waals surface area contributed by atoms with Crippen molar-refractivity contribution in [1.29, 1.82) is 0 Å². The van der Waals surface area contributed by atoms with E-state index in [1.807, 2.05) is 36.4 Å². The molecule has 7 heteroatoms. The molecule has 1 aromatic heterocycles. The third-order valence-corrected chi connectivity index (χ3v) is 5.26. The maximum atomic E-state index is 12.7. The van der Waals surface area contributed by atoms with Gasteiger partial charge in [-0.2, -0.15) is 0 Å². The van der Waals surface area contributed by atoms with Gasteiger partial charge >= 0.3 is 6.03 Å². The molecule has 1 fully saturated rings. The zero-order valence-corrected chi connectivity index (χ0v) is 17.1. The van der Waals surface area contributed by atoms with E-state index in [1.165, 1.54) is 0 Å². The van der Waals surface area contributed by atoms with Crippen molar-refractivity contribution in [2.45, 2.75) is 18.9 Å².